The summed E-state index contributed by atoms with van der Waals surface area (Å²) in [5.41, 5.74) is 0. The van der Waals surface area contributed by atoms with Crippen LogP contribution in [0.3, 0.4) is 0 Å². The Morgan fingerprint density at radius 2 is 2.00 bits per heavy atom. The molecule has 0 saturated heterocycles. The Morgan fingerprint density at radius 3 is 2.00 bits per heavy atom. The molecule has 0 bridgehead atoms. The van der Waals surface area contributed by atoms with Gasteiger partial charge < -0.3 is 0 Å². The molecule has 0 atom stereocenters. The number of hydrogen-bond donors (Lipinski definition) is 1. The molecule has 0 aromatic carbocycles. The molecular weight excluding hydrogens is 278 g/mol. The van der Waals surface area contributed by atoms with E-state index in [0.29, 0.717) is 0 Å². The molecule has 5 heavy (non-hydrogen) atoms. The molecule has 0 spiro atoms. The van der Waals surface area contributed by atoms with Gasteiger partial charge in [-0.15, -0.1) is 0 Å². The van der Waals surface area contributed by atoms with Crippen LogP contribution >= 0.6 is 0 Å². The molecule has 0 aromatic rings. The predicted molar refractivity (Wildman–Crippen MR) is 15.9 cm³/mol. The second-order valence-corrected chi connectivity index (χ2v) is 1.35. The average molecular weight is 279 g/mol. The van der Waals surface area contributed by atoms with Crippen LogP contribution in [0.4, 0.5) is 0 Å². The molecule has 0 saturated carbocycles. The van der Waals surface area contributed by atoms with Gasteiger partial charge in [0.25, 0.3) is 0 Å². The molecule has 3 radical (unpaired) electrons. The van der Waals surface area contributed by atoms with Gasteiger partial charge in [0.15, 0.2) is 0 Å². The van der Waals surface area contributed by atoms with Crippen LogP contribution < -0.4 is 0 Å². The fraction of sp³-hybridized carbons (Fsp3) is 0. The summed E-state index contributed by atoms with van der Waals surface area (Å²) in [6.45, 7) is 0. The van der Waals surface area contributed by atoms with Crippen molar-refractivity contribution in [3.63, 3.8) is 0 Å². The molecule has 0 unspecified atom stereocenters. The van der Waals surface area contributed by atoms with E-state index in [1.54, 1.807) is 0 Å². The topological polar surface area (TPSA) is 46.5 Å². The zero-order chi connectivity index (χ0) is 3.41. The van der Waals surface area contributed by atoms with Crippen LogP contribution in [0.5, 0.6) is 0 Å². The van der Waals surface area contributed by atoms with Gasteiger partial charge in [-0.3, -0.25) is 0 Å². The summed E-state index contributed by atoms with van der Waals surface area (Å²) in [6, 6.07) is 0. The fourth-order valence-corrected chi connectivity index (χ4v) is 0. The standard InChI is InChI=1S/2In.H2O2.O/c;;1-2;/h;;1-2H;/q;+1;;/p-1. The Hall–Kier alpha value is 1.30. The average Bonchev–Trinajstić information content (AvgIpc) is 1.37. The minimum absolute atomic E-state index is 0. The number of rotatable bonds is 1. The normalized spacial score (nSPS) is 3.40. The van der Waals surface area contributed by atoms with Crippen molar-refractivity contribution >= 4 is 49.2 Å². The summed E-state index contributed by atoms with van der Waals surface area (Å²) >= 11 is -2.10. The van der Waals surface area contributed by atoms with Gasteiger partial charge >= 0.3 is 34.5 Å². The van der Waals surface area contributed by atoms with Crippen molar-refractivity contribution in [3.05, 3.63) is 0 Å². The molecular formula is HIn2O3. The maximum absolute atomic E-state index is 9.02. The number of hydrogen-bond acceptors (Lipinski definition) is 3. The van der Waals surface area contributed by atoms with Gasteiger partial charge in [-0.05, 0) is 0 Å². The molecule has 0 fully saturated rings. The van der Waals surface area contributed by atoms with Crippen molar-refractivity contribution in [3.8, 4) is 0 Å². The van der Waals surface area contributed by atoms with E-state index in [-0.39, 0.29) is 25.8 Å². The second kappa shape index (κ2) is 9.00. The first-order valence-corrected chi connectivity index (χ1v) is 3.34. The van der Waals surface area contributed by atoms with Crippen molar-refractivity contribution in [1.82, 2.24) is 0 Å². The molecule has 25 valence electrons. The van der Waals surface area contributed by atoms with Crippen molar-refractivity contribution in [2.45, 2.75) is 0 Å². The molecule has 0 rings (SSSR count). The summed E-state index contributed by atoms with van der Waals surface area (Å²) in [5.74, 6) is 0. The Morgan fingerprint density at radius 1 is 1.80 bits per heavy atom. The Balaban J connectivity index is 0. The van der Waals surface area contributed by atoms with Gasteiger partial charge in [-0.2, -0.15) is 0 Å². The Labute approximate surface area is 59.8 Å². The molecule has 1 N–H and O–H groups in total. The summed E-state index contributed by atoms with van der Waals surface area (Å²) in [7, 11) is 0. The van der Waals surface area contributed by atoms with Crippen LogP contribution in [-0.4, -0.2) is 54.4 Å². The van der Waals surface area contributed by atoms with E-state index in [0.717, 1.165) is 0 Å². The fourth-order valence-electron chi connectivity index (χ4n) is 0. The minimum atomic E-state index is -2.10. The van der Waals surface area contributed by atoms with Crippen molar-refractivity contribution in [2.75, 3.05) is 0 Å². The first kappa shape index (κ1) is 9.57. The van der Waals surface area contributed by atoms with Crippen LogP contribution in [-0.2, 0) is 5.86 Å². The van der Waals surface area contributed by atoms with Crippen LogP contribution in [0, 0.1) is 0 Å². The molecule has 0 heterocycles. The molecule has 0 aliphatic heterocycles. The van der Waals surface area contributed by atoms with Crippen molar-refractivity contribution < 1.29 is 11.1 Å². The van der Waals surface area contributed by atoms with Gasteiger partial charge in [-0.25, -0.2) is 0 Å². The third-order valence-electron chi connectivity index (χ3n) is 0.0430. The van der Waals surface area contributed by atoms with Crippen molar-refractivity contribution in [2.24, 2.45) is 0 Å². The second-order valence-electron chi connectivity index (χ2n) is 0.202. The van der Waals surface area contributed by atoms with Gasteiger partial charge in [-0.1, -0.05) is 0 Å². The van der Waals surface area contributed by atoms with Crippen LogP contribution in [0.1, 0.15) is 0 Å². The van der Waals surface area contributed by atoms with E-state index in [4.69, 9.17) is 8.11 Å². The summed E-state index contributed by atoms with van der Waals surface area (Å²) < 4.78 is 12.2. The van der Waals surface area contributed by atoms with E-state index >= 15 is 0 Å². The zero-order valence-electron chi connectivity index (χ0n) is 2.42. The van der Waals surface area contributed by atoms with E-state index in [1.165, 1.54) is 0 Å². The van der Waals surface area contributed by atoms with Gasteiger partial charge in [0.05, 0.1) is 0 Å². The Kier molecular flexibility index (Phi) is 17.2. The quantitative estimate of drug-likeness (QED) is 0.497. The molecule has 5 heteroatoms. The molecule has 0 aliphatic rings. The van der Waals surface area contributed by atoms with E-state index < -0.39 is 23.3 Å². The Bertz CT molecular complexity index is 18.9. The SMILES string of the molecule is [In].[O]=[In][O]O. The van der Waals surface area contributed by atoms with Crippen LogP contribution in [0.2, 0.25) is 0 Å². The van der Waals surface area contributed by atoms with Crippen LogP contribution in [0.15, 0.2) is 0 Å². The van der Waals surface area contributed by atoms with E-state index in [1.807, 2.05) is 0 Å². The first-order chi connectivity index (χ1) is 1.91. The third-order valence-corrected chi connectivity index (χ3v) is 0.289. The van der Waals surface area contributed by atoms with Crippen LogP contribution in [0.25, 0.3) is 0 Å². The zero-order valence-corrected chi connectivity index (χ0v) is 9.01. The first-order valence-electron chi connectivity index (χ1n) is 0.654. The summed E-state index contributed by atoms with van der Waals surface area (Å²) in [5, 5.41) is 7.15. The summed E-state index contributed by atoms with van der Waals surface area (Å²) in [4.78, 5) is 0. The van der Waals surface area contributed by atoms with Gasteiger partial charge in [0.2, 0.25) is 0 Å². The van der Waals surface area contributed by atoms with Crippen molar-refractivity contribution in [1.29, 1.82) is 0 Å². The van der Waals surface area contributed by atoms with Gasteiger partial charge in [0.1, 0.15) is 0 Å². The molecule has 0 aliphatic carbocycles. The van der Waals surface area contributed by atoms with E-state index in [9.17, 15) is 0 Å². The monoisotopic (exact) mass is 279 g/mol. The summed E-state index contributed by atoms with van der Waals surface area (Å²) in [6.07, 6.45) is 0. The maximum atomic E-state index is 9.02. The van der Waals surface area contributed by atoms with Gasteiger partial charge in [0, 0.05) is 25.8 Å². The predicted octanol–water partition coefficient (Wildman–Crippen LogP) is -0.940. The molecule has 3 nitrogen and oxygen atoms in total. The third kappa shape index (κ3) is 10.9. The molecule has 0 amide bonds. The van der Waals surface area contributed by atoms with E-state index in [2.05, 4.69) is 3.01 Å². The molecule has 0 aromatic heterocycles.